The monoisotopic (exact) mass is 620 g/mol. The van der Waals surface area contributed by atoms with Crippen LogP contribution in [-0.2, 0) is 0 Å². The smallest absolute Gasteiger partial charge is 0.0658 e. The van der Waals surface area contributed by atoms with E-state index in [-0.39, 0.29) is 0 Å². The standard InChI is InChI=1S/2C20H14N4/c2*1-2-14-10-16-5-6-18(23-16)12-20-8-7-19(24-20)11-17-4-3-15(22-17)9-13(1)21-14/h2*1-12,21,24H. The van der Waals surface area contributed by atoms with Crippen molar-refractivity contribution in [1.82, 2.24) is 39.9 Å². The third-order valence-corrected chi connectivity index (χ3v) is 8.08. The van der Waals surface area contributed by atoms with E-state index in [0.717, 1.165) is 89.7 Å². The van der Waals surface area contributed by atoms with Gasteiger partial charge in [-0.3, -0.25) is 0 Å². The van der Waals surface area contributed by atoms with Gasteiger partial charge in [-0.05, 0) is 146 Å². The highest BCUT2D eigenvalue weighted by Gasteiger charge is 2.03. The van der Waals surface area contributed by atoms with E-state index in [1.54, 1.807) is 0 Å². The van der Waals surface area contributed by atoms with E-state index in [4.69, 9.17) is 0 Å². The second-order valence-corrected chi connectivity index (χ2v) is 11.8. The van der Waals surface area contributed by atoms with Crippen molar-refractivity contribution in [3.63, 3.8) is 0 Å². The normalized spacial score (nSPS) is 12.7. The fourth-order valence-corrected chi connectivity index (χ4v) is 5.89. The van der Waals surface area contributed by atoms with E-state index in [9.17, 15) is 0 Å². The predicted octanol–water partition coefficient (Wildman–Crippen LogP) is 9.31. The number of nitrogens with one attached hydrogen (secondary N) is 4. The molecule has 0 saturated heterocycles. The summed E-state index contributed by atoms with van der Waals surface area (Å²) in [7, 11) is 0. The van der Waals surface area contributed by atoms with E-state index < -0.39 is 0 Å². The Kier molecular flexibility index (Phi) is 6.61. The first-order chi connectivity index (χ1) is 23.6. The molecule has 6 aromatic rings. The van der Waals surface area contributed by atoms with Crippen LogP contribution in [0.15, 0.2) is 97.1 Å². The van der Waals surface area contributed by atoms with Gasteiger partial charge in [0.2, 0.25) is 0 Å². The molecule has 0 unspecified atom stereocenters. The Balaban J connectivity index is 0.000000131. The molecular weight excluding hydrogens is 592 g/mol. The summed E-state index contributed by atoms with van der Waals surface area (Å²) in [5, 5.41) is 0. The number of H-pyrrole nitrogens is 4. The first kappa shape index (κ1) is 27.5. The molecule has 0 aliphatic carbocycles. The molecule has 8 heteroatoms. The second kappa shape index (κ2) is 11.5. The molecule has 6 aromatic heterocycles. The zero-order valence-electron chi connectivity index (χ0n) is 25.6. The minimum atomic E-state index is 0.939. The summed E-state index contributed by atoms with van der Waals surface area (Å²) in [6.07, 6.45) is 16.2. The van der Waals surface area contributed by atoms with Crippen LogP contribution in [0.1, 0.15) is 45.6 Å². The van der Waals surface area contributed by atoms with Crippen molar-refractivity contribution in [2.75, 3.05) is 0 Å². The lowest BCUT2D eigenvalue weighted by Gasteiger charge is -1.85. The van der Waals surface area contributed by atoms with E-state index in [2.05, 4.69) is 88.4 Å². The maximum Gasteiger partial charge on any atom is 0.0658 e. The van der Waals surface area contributed by atoms with Gasteiger partial charge < -0.3 is 19.9 Å². The van der Waals surface area contributed by atoms with Crippen LogP contribution < -0.4 is 0 Å². The predicted molar refractivity (Wildman–Crippen MR) is 198 cm³/mol. The molecule has 0 amide bonds. The third kappa shape index (κ3) is 6.05. The number of hydrogen-bond donors (Lipinski definition) is 4. The molecule has 16 bridgehead atoms. The number of aromatic nitrogens is 8. The van der Waals surface area contributed by atoms with E-state index >= 15 is 0 Å². The lowest BCUT2D eigenvalue weighted by molar-refractivity contribution is 1.31. The van der Waals surface area contributed by atoms with E-state index in [0.29, 0.717) is 0 Å². The van der Waals surface area contributed by atoms with Crippen molar-refractivity contribution in [3.8, 4) is 0 Å². The van der Waals surface area contributed by atoms with Gasteiger partial charge in [0.15, 0.2) is 0 Å². The summed E-state index contributed by atoms with van der Waals surface area (Å²) in [6, 6.07) is 32.7. The first-order valence-electron chi connectivity index (χ1n) is 15.7. The maximum atomic E-state index is 4.63. The van der Waals surface area contributed by atoms with Crippen molar-refractivity contribution < 1.29 is 0 Å². The van der Waals surface area contributed by atoms with Gasteiger partial charge in [0.25, 0.3) is 0 Å². The average molecular weight is 621 g/mol. The molecule has 0 saturated carbocycles. The highest BCUT2D eigenvalue weighted by Crippen LogP contribution is 2.19. The minimum Gasteiger partial charge on any atom is -0.355 e. The Morgan fingerprint density at radius 3 is 0.521 bits per heavy atom. The molecule has 0 fully saturated rings. The SMILES string of the molecule is C1=Cc2cc3ccc(cc4nc(cc5ccc(cc1n2)[nH]5)C=C4)[nH]3.C1=Cc2cc3ccc(cc4nc(cc5ccc(cc1n2)[nH]5)C=C4)[nH]3. The Bertz CT molecular complexity index is 2150. The molecule has 4 N–H and O–H groups in total. The number of hydrogen-bond acceptors (Lipinski definition) is 4. The molecule has 10 heterocycles. The molecule has 0 radical (unpaired) electrons. The van der Waals surface area contributed by atoms with Crippen LogP contribution in [0.2, 0.25) is 0 Å². The molecule has 4 aliphatic heterocycles. The second-order valence-electron chi connectivity index (χ2n) is 11.8. The van der Waals surface area contributed by atoms with E-state index in [1.807, 2.05) is 97.1 Å². The Morgan fingerprint density at radius 1 is 0.229 bits per heavy atom. The number of fused-ring (bicyclic) bond motifs is 16. The van der Waals surface area contributed by atoms with Gasteiger partial charge >= 0.3 is 0 Å². The van der Waals surface area contributed by atoms with Crippen LogP contribution in [0, 0.1) is 0 Å². The zero-order valence-corrected chi connectivity index (χ0v) is 25.6. The molecule has 4 aliphatic rings. The molecule has 0 spiro atoms. The highest BCUT2D eigenvalue weighted by molar-refractivity contribution is 5.79. The maximum absolute atomic E-state index is 4.63. The summed E-state index contributed by atoms with van der Waals surface area (Å²) >= 11 is 0. The average Bonchev–Trinajstić information content (AvgIpc) is 3.91. The summed E-state index contributed by atoms with van der Waals surface area (Å²) in [6.45, 7) is 0. The fourth-order valence-electron chi connectivity index (χ4n) is 5.89. The molecule has 228 valence electrons. The van der Waals surface area contributed by atoms with Crippen molar-refractivity contribution in [1.29, 1.82) is 0 Å². The van der Waals surface area contributed by atoms with Crippen LogP contribution in [0.25, 0.3) is 92.7 Å². The van der Waals surface area contributed by atoms with Crippen molar-refractivity contribution in [2.24, 2.45) is 0 Å². The summed E-state index contributed by atoms with van der Waals surface area (Å²) in [4.78, 5) is 32.0. The molecule has 8 nitrogen and oxygen atoms in total. The summed E-state index contributed by atoms with van der Waals surface area (Å²) < 4.78 is 0. The largest absolute Gasteiger partial charge is 0.355 e. The lowest BCUT2D eigenvalue weighted by Crippen LogP contribution is -1.75. The first-order valence-corrected chi connectivity index (χ1v) is 15.7. The van der Waals surface area contributed by atoms with Gasteiger partial charge in [0.05, 0.1) is 45.6 Å². The quantitative estimate of drug-likeness (QED) is 0.135. The number of nitrogens with zero attached hydrogens (tertiary/aromatic N) is 4. The van der Waals surface area contributed by atoms with Gasteiger partial charge in [0, 0.05) is 44.1 Å². The topological polar surface area (TPSA) is 115 Å². The van der Waals surface area contributed by atoms with Gasteiger partial charge in [-0.25, -0.2) is 19.9 Å². The highest BCUT2D eigenvalue weighted by atomic mass is 14.8. The fraction of sp³-hybridized carbons (Fsp3) is 0. The number of rotatable bonds is 0. The van der Waals surface area contributed by atoms with Crippen LogP contribution in [0.3, 0.4) is 0 Å². The molecule has 0 atom stereocenters. The Labute approximate surface area is 274 Å². The minimum absolute atomic E-state index is 0.939. The molecule has 10 rings (SSSR count). The van der Waals surface area contributed by atoms with Crippen molar-refractivity contribution >= 4 is 92.7 Å². The van der Waals surface area contributed by atoms with Gasteiger partial charge in [-0.1, -0.05) is 0 Å². The Morgan fingerprint density at radius 2 is 0.375 bits per heavy atom. The molecule has 0 aromatic carbocycles. The Hall–Kier alpha value is -6.80. The van der Waals surface area contributed by atoms with Crippen LogP contribution in [0.5, 0.6) is 0 Å². The van der Waals surface area contributed by atoms with Gasteiger partial charge in [0.1, 0.15) is 0 Å². The van der Waals surface area contributed by atoms with Gasteiger partial charge in [-0.2, -0.15) is 0 Å². The van der Waals surface area contributed by atoms with Crippen molar-refractivity contribution in [2.45, 2.75) is 0 Å². The van der Waals surface area contributed by atoms with Gasteiger partial charge in [-0.15, -0.1) is 0 Å². The van der Waals surface area contributed by atoms with E-state index in [1.165, 1.54) is 0 Å². The zero-order chi connectivity index (χ0) is 31.9. The summed E-state index contributed by atoms with van der Waals surface area (Å²) in [5.74, 6) is 0. The molecule has 48 heavy (non-hydrogen) atoms. The lowest BCUT2D eigenvalue weighted by atomic mass is 10.3. The van der Waals surface area contributed by atoms with Crippen LogP contribution >= 0.6 is 0 Å². The van der Waals surface area contributed by atoms with Crippen LogP contribution in [0.4, 0.5) is 0 Å². The third-order valence-electron chi connectivity index (χ3n) is 8.08. The summed E-state index contributed by atoms with van der Waals surface area (Å²) in [5.41, 5.74) is 15.7. The van der Waals surface area contributed by atoms with Crippen molar-refractivity contribution in [3.05, 3.63) is 143 Å². The van der Waals surface area contributed by atoms with Crippen LogP contribution in [-0.4, -0.2) is 39.9 Å². The molecular formula is C40H28N8. The number of aromatic amines is 4.